The minimum Gasteiger partial charge on any atom is -0.508 e. The topological polar surface area (TPSA) is 113 Å². The maximum Gasteiger partial charge on any atom is 0.305 e. The average Bonchev–Trinajstić information content (AvgIpc) is 3.34. The van der Waals surface area contributed by atoms with Crippen LogP contribution in [0.15, 0.2) is 42.5 Å². The third-order valence-electron chi connectivity index (χ3n) is 5.58. The Balaban J connectivity index is 1.86. The lowest BCUT2D eigenvalue weighted by Gasteiger charge is -2.14. The van der Waals surface area contributed by atoms with Crippen molar-refractivity contribution < 1.29 is 28.9 Å². The van der Waals surface area contributed by atoms with Crippen LogP contribution in [0.2, 0.25) is 0 Å². The number of phenolic OH excluding ortho intramolecular Hbond substituents is 1. The summed E-state index contributed by atoms with van der Waals surface area (Å²) in [4.78, 5) is 24.4. The quantitative estimate of drug-likeness (QED) is 0.550. The highest BCUT2D eigenvalue weighted by Crippen LogP contribution is 2.37. The zero-order valence-electron chi connectivity index (χ0n) is 17.9. The molecule has 0 unspecified atom stereocenters. The van der Waals surface area contributed by atoms with Crippen LogP contribution in [0.5, 0.6) is 17.2 Å². The molecule has 32 heavy (non-hydrogen) atoms. The Morgan fingerprint density at radius 2 is 1.94 bits per heavy atom. The number of ether oxygens (including phenoxy) is 3. The Labute approximate surface area is 185 Å². The molecule has 1 aliphatic heterocycles. The number of primary amides is 1. The molecule has 166 valence electrons. The van der Waals surface area contributed by atoms with Crippen LogP contribution in [-0.2, 0) is 22.5 Å². The van der Waals surface area contributed by atoms with Crippen LogP contribution in [0, 0.1) is 6.92 Å². The number of methoxy groups -OCH3 is 1. The van der Waals surface area contributed by atoms with Gasteiger partial charge in [-0.2, -0.15) is 0 Å². The maximum atomic E-state index is 12.5. The van der Waals surface area contributed by atoms with Crippen molar-refractivity contribution in [2.24, 2.45) is 5.73 Å². The number of benzene rings is 2. The van der Waals surface area contributed by atoms with Gasteiger partial charge in [0.05, 0.1) is 19.1 Å². The van der Waals surface area contributed by atoms with Crippen LogP contribution in [0.4, 0.5) is 0 Å². The fourth-order valence-corrected chi connectivity index (χ4v) is 4.09. The summed E-state index contributed by atoms with van der Waals surface area (Å²) < 4.78 is 17.7. The molecule has 0 saturated carbocycles. The highest BCUT2D eigenvalue weighted by atomic mass is 16.7. The zero-order chi connectivity index (χ0) is 22.8. The minimum atomic E-state index is -0.579. The van der Waals surface area contributed by atoms with E-state index in [-0.39, 0.29) is 24.9 Å². The van der Waals surface area contributed by atoms with Gasteiger partial charge >= 0.3 is 5.97 Å². The number of hydrogen-bond donors (Lipinski definition) is 2. The maximum absolute atomic E-state index is 12.5. The normalized spacial score (nSPS) is 12.1. The first-order valence-corrected chi connectivity index (χ1v) is 10.2. The van der Waals surface area contributed by atoms with Gasteiger partial charge < -0.3 is 29.6 Å². The van der Waals surface area contributed by atoms with Gasteiger partial charge in [-0.05, 0) is 48.7 Å². The van der Waals surface area contributed by atoms with Gasteiger partial charge in [-0.3, -0.25) is 9.59 Å². The summed E-state index contributed by atoms with van der Waals surface area (Å²) in [5, 5.41) is 10.0. The van der Waals surface area contributed by atoms with Crippen molar-refractivity contribution in [3.63, 3.8) is 0 Å². The molecule has 2 aromatic carbocycles. The van der Waals surface area contributed by atoms with E-state index in [4.69, 9.17) is 19.9 Å². The number of esters is 1. The molecule has 4 rings (SSSR count). The number of aromatic hydroxyl groups is 1. The summed E-state index contributed by atoms with van der Waals surface area (Å²) in [6.07, 6.45) is 0.460. The van der Waals surface area contributed by atoms with Crippen molar-refractivity contribution in [3.8, 4) is 28.4 Å². The van der Waals surface area contributed by atoms with Crippen molar-refractivity contribution in [2.75, 3.05) is 13.9 Å². The lowest BCUT2D eigenvalue weighted by atomic mass is 9.97. The molecule has 0 radical (unpaired) electrons. The largest absolute Gasteiger partial charge is 0.508 e. The Morgan fingerprint density at radius 1 is 1.16 bits per heavy atom. The molecule has 0 atom stereocenters. The van der Waals surface area contributed by atoms with E-state index in [9.17, 15) is 14.7 Å². The van der Waals surface area contributed by atoms with Crippen LogP contribution < -0.4 is 15.2 Å². The van der Waals surface area contributed by atoms with Crippen LogP contribution in [0.25, 0.3) is 11.1 Å². The number of rotatable bonds is 7. The van der Waals surface area contributed by atoms with Crippen LogP contribution >= 0.6 is 0 Å². The van der Waals surface area contributed by atoms with Crippen molar-refractivity contribution in [1.29, 1.82) is 0 Å². The summed E-state index contributed by atoms with van der Waals surface area (Å²) >= 11 is 0. The Kier molecular flexibility index (Phi) is 5.77. The Hall–Kier alpha value is -3.94. The van der Waals surface area contributed by atoms with Gasteiger partial charge in [-0.1, -0.05) is 18.2 Å². The summed E-state index contributed by atoms with van der Waals surface area (Å²) in [5.41, 5.74) is 9.75. The van der Waals surface area contributed by atoms with Crippen LogP contribution in [0.3, 0.4) is 0 Å². The van der Waals surface area contributed by atoms with Crippen LogP contribution in [0.1, 0.15) is 33.7 Å². The smallest absolute Gasteiger partial charge is 0.305 e. The molecule has 8 heteroatoms. The van der Waals surface area contributed by atoms with Crippen molar-refractivity contribution >= 4 is 11.9 Å². The van der Waals surface area contributed by atoms with Crippen LogP contribution in [-0.4, -0.2) is 35.5 Å². The van der Waals surface area contributed by atoms with E-state index in [1.165, 1.54) is 7.11 Å². The number of amides is 1. The predicted molar refractivity (Wildman–Crippen MR) is 117 cm³/mol. The van der Waals surface area contributed by atoms with E-state index in [1.54, 1.807) is 24.3 Å². The number of carbonyl (C=O) groups excluding carboxylic acids is 2. The predicted octanol–water partition coefficient (Wildman–Crippen LogP) is 3.15. The molecule has 3 aromatic rings. The van der Waals surface area contributed by atoms with E-state index >= 15 is 0 Å². The minimum absolute atomic E-state index is 0.0676. The molecular formula is C24H24N2O6. The SMILES string of the molecule is COC(=O)CCc1c(-c2cccc(O)c2)c(C(N)=O)c(C)n1Cc1ccc2c(c1)OCO2. The van der Waals surface area contributed by atoms with Gasteiger partial charge in [0.15, 0.2) is 11.5 Å². The second-order valence-electron chi connectivity index (χ2n) is 7.55. The highest BCUT2D eigenvalue weighted by molar-refractivity contribution is 6.02. The lowest BCUT2D eigenvalue weighted by Crippen LogP contribution is -2.13. The molecule has 0 aliphatic carbocycles. The Bertz CT molecular complexity index is 1200. The van der Waals surface area contributed by atoms with Crippen molar-refractivity contribution in [1.82, 2.24) is 4.57 Å². The molecule has 0 bridgehead atoms. The first-order chi connectivity index (χ1) is 15.4. The molecule has 2 heterocycles. The van der Waals surface area contributed by atoms with Gasteiger partial charge in [0.25, 0.3) is 5.91 Å². The van der Waals surface area contributed by atoms with Gasteiger partial charge in [0, 0.05) is 23.5 Å². The first kappa shape index (κ1) is 21.3. The third-order valence-corrected chi connectivity index (χ3v) is 5.58. The average molecular weight is 436 g/mol. The Morgan fingerprint density at radius 3 is 2.66 bits per heavy atom. The number of nitrogens with two attached hydrogens (primary N) is 1. The summed E-state index contributed by atoms with van der Waals surface area (Å²) in [6.45, 7) is 2.43. The van der Waals surface area contributed by atoms with Gasteiger partial charge in [0.2, 0.25) is 6.79 Å². The fourth-order valence-electron chi connectivity index (χ4n) is 4.09. The second kappa shape index (κ2) is 8.66. The molecule has 3 N–H and O–H groups in total. The van der Waals surface area contributed by atoms with Crippen molar-refractivity contribution in [3.05, 3.63) is 65.0 Å². The highest BCUT2D eigenvalue weighted by Gasteiger charge is 2.26. The second-order valence-corrected chi connectivity index (χ2v) is 7.55. The summed E-state index contributed by atoms with van der Waals surface area (Å²) in [5.74, 6) is 0.470. The molecule has 0 spiro atoms. The number of phenols is 1. The van der Waals surface area contributed by atoms with E-state index in [1.807, 2.05) is 29.7 Å². The van der Waals surface area contributed by atoms with Gasteiger partial charge in [-0.25, -0.2) is 0 Å². The number of nitrogens with zero attached hydrogens (tertiary/aromatic N) is 1. The van der Waals surface area contributed by atoms with E-state index in [0.717, 1.165) is 11.3 Å². The number of fused-ring (bicyclic) bond motifs is 1. The van der Waals surface area contributed by atoms with Gasteiger partial charge in [0.1, 0.15) is 5.75 Å². The van der Waals surface area contributed by atoms with E-state index in [2.05, 4.69) is 0 Å². The number of hydrogen-bond acceptors (Lipinski definition) is 6. The summed E-state index contributed by atoms with van der Waals surface area (Å²) in [6, 6.07) is 12.3. The lowest BCUT2D eigenvalue weighted by molar-refractivity contribution is -0.140. The van der Waals surface area contributed by atoms with Gasteiger partial charge in [-0.15, -0.1) is 0 Å². The molecule has 0 saturated heterocycles. The molecular weight excluding hydrogens is 412 g/mol. The molecule has 1 amide bonds. The van der Waals surface area contributed by atoms with E-state index < -0.39 is 5.91 Å². The van der Waals surface area contributed by atoms with E-state index in [0.29, 0.717) is 46.8 Å². The van der Waals surface area contributed by atoms with Crippen molar-refractivity contribution in [2.45, 2.75) is 26.3 Å². The zero-order valence-corrected chi connectivity index (χ0v) is 17.9. The number of aromatic nitrogens is 1. The third kappa shape index (κ3) is 3.99. The summed E-state index contributed by atoms with van der Waals surface area (Å²) in [7, 11) is 1.34. The first-order valence-electron chi connectivity index (χ1n) is 10.2. The molecule has 1 aliphatic rings. The number of carbonyl (C=O) groups is 2. The molecule has 0 fully saturated rings. The standard InChI is InChI=1S/C24H24N2O6/c1-14-22(24(25)29)23(16-4-3-5-17(27)11-16)18(7-9-21(28)30-2)26(14)12-15-6-8-19-20(10-15)32-13-31-19/h3-6,8,10-11,27H,7,9,12-13H2,1-2H3,(H2,25,29). The monoisotopic (exact) mass is 436 g/mol. The fraction of sp³-hybridized carbons (Fsp3) is 0.250. The molecule has 1 aromatic heterocycles. The molecule has 8 nitrogen and oxygen atoms in total.